The van der Waals surface area contributed by atoms with E-state index in [4.69, 9.17) is 4.74 Å². The summed E-state index contributed by atoms with van der Waals surface area (Å²) in [6.07, 6.45) is 8.36. The maximum atomic E-state index is 12.7. The van der Waals surface area contributed by atoms with Crippen molar-refractivity contribution < 1.29 is 14.3 Å². The lowest BCUT2D eigenvalue weighted by Gasteiger charge is -2.44. The molecule has 152 valence electrons. The van der Waals surface area contributed by atoms with E-state index in [-0.39, 0.29) is 29.4 Å². The molecule has 0 radical (unpaired) electrons. The number of allylic oxidation sites excluding steroid dienone is 2. The maximum Gasteiger partial charge on any atom is 0.272 e. The first-order valence-electron chi connectivity index (χ1n) is 10.3. The van der Waals surface area contributed by atoms with Crippen LogP contribution in [-0.4, -0.2) is 51.2 Å². The van der Waals surface area contributed by atoms with Crippen LogP contribution in [0.15, 0.2) is 12.2 Å². The Kier molecular flexibility index (Phi) is 5.04. The van der Waals surface area contributed by atoms with Crippen LogP contribution in [0.1, 0.15) is 61.3 Å². The monoisotopic (exact) mass is 386 g/mol. The van der Waals surface area contributed by atoms with E-state index in [1.54, 1.807) is 0 Å². The number of aromatic nitrogens is 2. The number of ether oxygens (including phenoxy) is 1. The van der Waals surface area contributed by atoms with Crippen molar-refractivity contribution in [2.45, 2.75) is 64.2 Å². The van der Waals surface area contributed by atoms with Crippen LogP contribution < -0.4 is 5.32 Å². The number of nitrogens with one attached hydrogen (secondary N) is 1. The first kappa shape index (κ1) is 19.2. The molecule has 1 saturated heterocycles. The maximum absolute atomic E-state index is 12.7. The fraction of sp³-hybridized carbons (Fsp3) is 0.667. The second kappa shape index (κ2) is 7.35. The highest BCUT2D eigenvalue weighted by Gasteiger charge is 2.43. The number of nitrogens with zero attached hydrogens (tertiary/aromatic N) is 3. The third kappa shape index (κ3) is 3.48. The summed E-state index contributed by atoms with van der Waals surface area (Å²) in [4.78, 5) is 27.1. The van der Waals surface area contributed by atoms with Crippen molar-refractivity contribution in [3.8, 4) is 0 Å². The van der Waals surface area contributed by atoms with E-state index in [9.17, 15) is 9.59 Å². The summed E-state index contributed by atoms with van der Waals surface area (Å²) in [5.41, 5.74) is 2.21. The number of amides is 2. The second-order valence-electron chi connectivity index (χ2n) is 8.64. The Morgan fingerprint density at radius 1 is 1.25 bits per heavy atom. The van der Waals surface area contributed by atoms with Crippen molar-refractivity contribution in [2.24, 2.45) is 13.0 Å². The van der Waals surface area contributed by atoms with Gasteiger partial charge in [-0.2, -0.15) is 5.10 Å². The number of aryl methyl sites for hydroxylation is 1. The Labute approximate surface area is 166 Å². The molecule has 1 aliphatic carbocycles. The Hall–Kier alpha value is -2.15. The van der Waals surface area contributed by atoms with Gasteiger partial charge in [-0.1, -0.05) is 12.2 Å². The fourth-order valence-corrected chi connectivity index (χ4v) is 4.60. The Morgan fingerprint density at radius 3 is 2.57 bits per heavy atom. The largest absolute Gasteiger partial charge is 0.370 e. The average Bonchev–Trinajstić information content (AvgIpc) is 3.30. The molecule has 1 N–H and O–H groups in total. The first-order chi connectivity index (χ1) is 13.4. The number of hydrogen-bond acceptors (Lipinski definition) is 4. The summed E-state index contributed by atoms with van der Waals surface area (Å²) in [6, 6.07) is 0.0675. The fourth-order valence-electron chi connectivity index (χ4n) is 4.60. The van der Waals surface area contributed by atoms with Crippen LogP contribution in [0.3, 0.4) is 0 Å². The molecule has 0 saturated carbocycles. The van der Waals surface area contributed by atoms with E-state index in [1.165, 1.54) is 0 Å². The molecule has 1 spiro atoms. The minimum absolute atomic E-state index is 0.0675. The first-order valence-corrected chi connectivity index (χ1v) is 10.3. The van der Waals surface area contributed by atoms with Gasteiger partial charge in [0.2, 0.25) is 5.91 Å². The molecular weight excluding hydrogens is 356 g/mol. The van der Waals surface area contributed by atoms with E-state index in [0.717, 1.165) is 56.5 Å². The van der Waals surface area contributed by atoms with E-state index in [0.29, 0.717) is 12.3 Å². The normalized spacial score (nSPS) is 21.4. The molecule has 1 fully saturated rings. The molecule has 1 aromatic heterocycles. The molecule has 3 heterocycles. The molecule has 1 aromatic rings. The molecule has 28 heavy (non-hydrogen) atoms. The number of carbonyl (C=O) groups excluding carboxylic acids is 2. The van der Waals surface area contributed by atoms with E-state index in [1.807, 2.05) is 30.5 Å². The molecule has 4 rings (SSSR count). The number of fused-ring (bicyclic) bond motifs is 1. The summed E-state index contributed by atoms with van der Waals surface area (Å²) in [5.74, 6) is 0.272. The van der Waals surface area contributed by atoms with Crippen molar-refractivity contribution in [2.75, 3.05) is 13.1 Å². The van der Waals surface area contributed by atoms with Gasteiger partial charge in [0, 0.05) is 49.8 Å². The second-order valence-corrected chi connectivity index (χ2v) is 8.64. The van der Waals surface area contributed by atoms with Gasteiger partial charge in [0.15, 0.2) is 5.69 Å². The van der Waals surface area contributed by atoms with Gasteiger partial charge in [0.05, 0.1) is 12.2 Å². The van der Waals surface area contributed by atoms with Gasteiger partial charge in [-0.05, 0) is 39.5 Å². The van der Waals surface area contributed by atoms with Gasteiger partial charge in [0.25, 0.3) is 5.91 Å². The van der Waals surface area contributed by atoms with Crippen LogP contribution in [0.25, 0.3) is 0 Å². The molecule has 7 nitrogen and oxygen atoms in total. The number of piperidine rings is 1. The van der Waals surface area contributed by atoms with Gasteiger partial charge in [-0.15, -0.1) is 0 Å². The molecule has 0 atom stereocenters. The third-order valence-electron chi connectivity index (χ3n) is 6.27. The average molecular weight is 386 g/mol. The van der Waals surface area contributed by atoms with Crippen molar-refractivity contribution >= 4 is 11.8 Å². The highest BCUT2D eigenvalue weighted by molar-refractivity contribution is 5.94. The van der Waals surface area contributed by atoms with Crippen LogP contribution in [0.5, 0.6) is 0 Å². The topological polar surface area (TPSA) is 76.5 Å². The number of carbonyl (C=O) groups is 2. The summed E-state index contributed by atoms with van der Waals surface area (Å²) in [6.45, 7) is 5.77. The molecule has 0 unspecified atom stereocenters. The molecule has 7 heteroatoms. The summed E-state index contributed by atoms with van der Waals surface area (Å²) in [5, 5.41) is 7.39. The quantitative estimate of drug-likeness (QED) is 0.806. The zero-order valence-corrected chi connectivity index (χ0v) is 17.0. The Bertz CT molecular complexity index is 795. The minimum Gasteiger partial charge on any atom is -0.370 e. The molecule has 2 aliphatic heterocycles. The van der Waals surface area contributed by atoms with Crippen molar-refractivity contribution in [1.29, 1.82) is 0 Å². The van der Waals surface area contributed by atoms with Crippen LogP contribution in [0.2, 0.25) is 0 Å². The van der Waals surface area contributed by atoms with Gasteiger partial charge < -0.3 is 15.0 Å². The Morgan fingerprint density at radius 2 is 1.93 bits per heavy atom. The number of rotatable bonds is 3. The minimum atomic E-state index is -0.253. The summed E-state index contributed by atoms with van der Waals surface area (Å²) >= 11 is 0. The van der Waals surface area contributed by atoms with Gasteiger partial charge in [0.1, 0.15) is 0 Å². The number of hydrogen-bond donors (Lipinski definition) is 1. The lowest BCUT2D eigenvalue weighted by molar-refractivity contribution is -0.144. The van der Waals surface area contributed by atoms with E-state index >= 15 is 0 Å². The summed E-state index contributed by atoms with van der Waals surface area (Å²) < 4.78 is 8.14. The van der Waals surface area contributed by atoms with Crippen LogP contribution in [0, 0.1) is 5.92 Å². The predicted octanol–water partition coefficient (Wildman–Crippen LogP) is 1.96. The van der Waals surface area contributed by atoms with Gasteiger partial charge >= 0.3 is 0 Å². The summed E-state index contributed by atoms with van der Waals surface area (Å²) in [7, 11) is 1.90. The Balaban J connectivity index is 1.44. The predicted molar refractivity (Wildman–Crippen MR) is 105 cm³/mol. The van der Waals surface area contributed by atoms with Crippen LogP contribution in [-0.2, 0) is 29.6 Å². The van der Waals surface area contributed by atoms with Crippen molar-refractivity contribution in [3.05, 3.63) is 29.1 Å². The third-order valence-corrected chi connectivity index (χ3v) is 6.27. The van der Waals surface area contributed by atoms with Gasteiger partial charge in [-0.3, -0.25) is 14.3 Å². The van der Waals surface area contributed by atoms with Crippen molar-refractivity contribution in [1.82, 2.24) is 20.0 Å². The van der Waals surface area contributed by atoms with Gasteiger partial charge in [-0.25, -0.2) is 0 Å². The molecule has 0 aromatic carbocycles. The zero-order valence-electron chi connectivity index (χ0n) is 17.0. The molecule has 3 aliphatic rings. The lowest BCUT2D eigenvalue weighted by atomic mass is 9.83. The number of likely N-dealkylation sites (tertiary alicyclic amines) is 1. The van der Waals surface area contributed by atoms with E-state index < -0.39 is 0 Å². The van der Waals surface area contributed by atoms with Crippen LogP contribution >= 0.6 is 0 Å². The van der Waals surface area contributed by atoms with E-state index in [2.05, 4.69) is 22.6 Å². The standard InChI is InChI=1S/C21H30N4O3/c1-14(2)22-19(26)18-16-13-28-21(12-17(16)24(3)23-18)8-10-25(11-9-21)20(27)15-6-4-5-7-15/h4-5,14-15H,6-13H2,1-3H3,(H,22,26). The highest BCUT2D eigenvalue weighted by atomic mass is 16.5. The molecule has 0 bridgehead atoms. The molecular formula is C21H30N4O3. The zero-order chi connectivity index (χ0) is 19.9. The smallest absolute Gasteiger partial charge is 0.272 e. The highest BCUT2D eigenvalue weighted by Crippen LogP contribution is 2.37. The van der Waals surface area contributed by atoms with Crippen molar-refractivity contribution in [3.63, 3.8) is 0 Å². The van der Waals surface area contributed by atoms with Crippen LogP contribution in [0.4, 0.5) is 0 Å². The SMILES string of the molecule is CC(C)NC(=O)c1nn(C)c2c1COC1(CCN(C(=O)C3CC=CC3)CC1)C2. The molecule has 2 amide bonds. The lowest BCUT2D eigenvalue weighted by Crippen LogP contribution is -2.51.